The predicted molar refractivity (Wildman–Crippen MR) is 87.9 cm³/mol. The monoisotopic (exact) mass is 325 g/mol. The van der Waals surface area contributed by atoms with Crippen molar-refractivity contribution < 1.29 is 4.79 Å². The van der Waals surface area contributed by atoms with E-state index >= 15 is 0 Å². The molecule has 6 nitrogen and oxygen atoms in total. The summed E-state index contributed by atoms with van der Waals surface area (Å²) < 4.78 is 5.51. The number of anilines is 1. The van der Waals surface area contributed by atoms with Crippen molar-refractivity contribution >= 4 is 23.3 Å². The van der Waals surface area contributed by atoms with E-state index in [1.54, 1.807) is 4.68 Å². The van der Waals surface area contributed by atoms with Crippen LogP contribution in [-0.4, -0.2) is 25.3 Å². The van der Waals surface area contributed by atoms with Gasteiger partial charge in [0.25, 0.3) is 5.91 Å². The highest BCUT2D eigenvalue weighted by Crippen LogP contribution is 2.47. The summed E-state index contributed by atoms with van der Waals surface area (Å²) in [6, 6.07) is 11.8. The Bertz CT molecular complexity index is 828. The Hall–Kier alpha value is -2.54. The van der Waals surface area contributed by atoms with Gasteiger partial charge in [-0.3, -0.25) is 4.79 Å². The molecule has 1 saturated carbocycles. The number of nitrogens with one attached hydrogen (secondary N) is 1. The van der Waals surface area contributed by atoms with E-state index in [4.69, 9.17) is 5.10 Å². The van der Waals surface area contributed by atoms with Gasteiger partial charge in [0.1, 0.15) is 10.7 Å². The van der Waals surface area contributed by atoms with Crippen molar-refractivity contribution in [1.29, 1.82) is 0 Å². The first kappa shape index (κ1) is 14.1. The summed E-state index contributed by atoms with van der Waals surface area (Å²) in [5.41, 5.74) is 1.95. The third-order valence-corrected chi connectivity index (χ3v) is 4.71. The van der Waals surface area contributed by atoms with Crippen molar-refractivity contribution in [2.75, 3.05) is 5.32 Å². The second-order valence-electron chi connectivity index (χ2n) is 5.76. The molecule has 1 aromatic carbocycles. The summed E-state index contributed by atoms with van der Waals surface area (Å²) in [7, 11) is 0. The molecule has 0 spiro atoms. The summed E-state index contributed by atoms with van der Waals surface area (Å²) in [6.07, 6.45) is 2.62. The second kappa shape index (κ2) is 5.58. The molecule has 7 heteroatoms. The fraction of sp³-hybridized carbons (Fsp3) is 0.250. The van der Waals surface area contributed by atoms with Crippen LogP contribution in [0, 0.1) is 5.92 Å². The summed E-state index contributed by atoms with van der Waals surface area (Å²) in [5, 5.41) is 11.3. The maximum Gasteiger partial charge on any atom is 0.270 e. The van der Waals surface area contributed by atoms with Gasteiger partial charge >= 0.3 is 0 Å². The molecule has 2 heterocycles. The first-order valence-corrected chi connectivity index (χ1v) is 8.24. The van der Waals surface area contributed by atoms with Crippen molar-refractivity contribution in [1.82, 2.24) is 19.4 Å². The SMILES string of the molecule is CC1CC1c1cc(NC(=O)c2cnns2)n(-c2ccccc2)n1. The van der Waals surface area contributed by atoms with Crippen LogP contribution in [0.3, 0.4) is 0 Å². The van der Waals surface area contributed by atoms with Crippen molar-refractivity contribution in [3.8, 4) is 5.69 Å². The molecule has 1 aliphatic rings. The molecule has 1 amide bonds. The van der Waals surface area contributed by atoms with Crippen LogP contribution in [0.1, 0.15) is 34.6 Å². The number of benzene rings is 1. The summed E-state index contributed by atoms with van der Waals surface area (Å²) in [5.74, 6) is 1.60. The number of para-hydroxylation sites is 1. The highest BCUT2D eigenvalue weighted by atomic mass is 32.1. The number of hydrogen-bond donors (Lipinski definition) is 1. The lowest BCUT2D eigenvalue weighted by molar-refractivity contribution is 0.102. The number of rotatable bonds is 4. The van der Waals surface area contributed by atoms with E-state index in [2.05, 4.69) is 21.8 Å². The fourth-order valence-electron chi connectivity index (χ4n) is 2.62. The molecule has 0 radical (unpaired) electrons. The minimum Gasteiger partial charge on any atom is -0.306 e. The van der Waals surface area contributed by atoms with E-state index in [9.17, 15) is 4.79 Å². The van der Waals surface area contributed by atoms with Gasteiger partial charge in [-0.2, -0.15) is 5.10 Å². The van der Waals surface area contributed by atoms with Crippen LogP contribution in [0.15, 0.2) is 42.6 Å². The Kier molecular flexibility index (Phi) is 3.42. The summed E-state index contributed by atoms with van der Waals surface area (Å²) in [4.78, 5) is 12.8. The van der Waals surface area contributed by atoms with E-state index in [0.29, 0.717) is 22.5 Å². The molecule has 2 atom stereocenters. The maximum atomic E-state index is 12.3. The van der Waals surface area contributed by atoms with Gasteiger partial charge in [-0.1, -0.05) is 29.6 Å². The molecule has 2 unspecified atom stereocenters. The predicted octanol–water partition coefficient (Wildman–Crippen LogP) is 3.10. The van der Waals surface area contributed by atoms with Gasteiger partial charge < -0.3 is 5.32 Å². The van der Waals surface area contributed by atoms with Gasteiger partial charge in [-0.05, 0) is 36.0 Å². The Morgan fingerprint density at radius 3 is 2.78 bits per heavy atom. The fourth-order valence-corrected chi connectivity index (χ4v) is 3.03. The lowest BCUT2D eigenvalue weighted by atomic mass is 10.2. The van der Waals surface area contributed by atoms with Gasteiger partial charge in [0.15, 0.2) is 0 Å². The van der Waals surface area contributed by atoms with Crippen LogP contribution in [0.2, 0.25) is 0 Å². The van der Waals surface area contributed by atoms with E-state index in [1.165, 1.54) is 6.20 Å². The van der Waals surface area contributed by atoms with Crippen molar-refractivity contribution in [2.45, 2.75) is 19.3 Å². The molecular weight excluding hydrogens is 310 g/mol. The van der Waals surface area contributed by atoms with E-state index in [1.807, 2.05) is 36.4 Å². The Balaban J connectivity index is 1.69. The molecule has 4 rings (SSSR count). The van der Waals surface area contributed by atoms with Gasteiger partial charge in [0.05, 0.1) is 17.6 Å². The molecule has 23 heavy (non-hydrogen) atoms. The lowest BCUT2D eigenvalue weighted by Crippen LogP contribution is -2.13. The normalized spacial score (nSPS) is 19.5. The van der Waals surface area contributed by atoms with Crippen LogP contribution in [-0.2, 0) is 0 Å². The van der Waals surface area contributed by atoms with E-state index in [-0.39, 0.29) is 5.91 Å². The molecule has 1 aliphatic carbocycles. The molecule has 3 aromatic rings. The van der Waals surface area contributed by atoms with Crippen molar-refractivity contribution in [3.63, 3.8) is 0 Å². The minimum absolute atomic E-state index is 0.215. The number of aromatic nitrogens is 4. The third kappa shape index (κ3) is 2.75. The van der Waals surface area contributed by atoms with E-state index < -0.39 is 0 Å². The van der Waals surface area contributed by atoms with Gasteiger partial charge in [-0.25, -0.2) is 4.68 Å². The number of carbonyl (C=O) groups is 1. The maximum absolute atomic E-state index is 12.3. The average molecular weight is 325 g/mol. The zero-order chi connectivity index (χ0) is 15.8. The standard InChI is InChI=1S/C16H15N5OS/c1-10-7-12(10)13-8-15(18-16(22)14-9-17-20-23-14)21(19-13)11-5-3-2-4-6-11/h2-6,8-10,12H,7H2,1H3,(H,18,22). The molecule has 2 aromatic heterocycles. The zero-order valence-corrected chi connectivity index (χ0v) is 13.3. The topological polar surface area (TPSA) is 72.7 Å². The van der Waals surface area contributed by atoms with Crippen molar-refractivity contribution in [2.24, 2.45) is 5.92 Å². The Labute approximate surface area is 137 Å². The average Bonchev–Trinajstić information content (AvgIpc) is 2.99. The number of hydrogen-bond acceptors (Lipinski definition) is 5. The zero-order valence-electron chi connectivity index (χ0n) is 12.5. The third-order valence-electron chi connectivity index (χ3n) is 4.05. The molecule has 1 N–H and O–H groups in total. The Morgan fingerprint density at radius 2 is 2.13 bits per heavy atom. The minimum atomic E-state index is -0.215. The molecular formula is C16H15N5OS. The first-order valence-electron chi connectivity index (χ1n) is 7.46. The second-order valence-corrected chi connectivity index (χ2v) is 6.54. The van der Waals surface area contributed by atoms with Gasteiger partial charge in [0, 0.05) is 12.0 Å². The lowest BCUT2D eigenvalue weighted by Gasteiger charge is -2.07. The smallest absolute Gasteiger partial charge is 0.270 e. The van der Waals surface area contributed by atoms with Crippen LogP contribution in [0.4, 0.5) is 5.82 Å². The van der Waals surface area contributed by atoms with Crippen molar-refractivity contribution in [3.05, 3.63) is 53.2 Å². The van der Waals surface area contributed by atoms with Crippen LogP contribution >= 0.6 is 11.5 Å². The summed E-state index contributed by atoms with van der Waals surface area (Å²) in [6.45, 7) is 2.22. The molecule has 1 fully saturated rings. The van der Waals surface area contributed by atoms with Crippen LogP contribution < -0.4 is 5.32 Å². The van der Waals surface area contributed by atoms with Gasteiger partial charge in [0.2, 0.25) is 0 Å². The number of carbonyl (C=O) groups excluding carboxylic acids is 1. The number of amides is 1. The molecule has 116 valence electrons. The largest absolute Gasteiger partial charge is 0.306 e. The quantitative estimate of drug-likeness (QED) is 0.800. The van der Waals surface area contributed by atoms with E-state index in [0.717, 1.165) is 29.3 Å². The molecule has 0 aliphatic heterocycles. The first-order chi connectivity index (χ1) is 11.2. The van der Waals surface area contributed by atoms with Crippen LogP contribution in [0.25, 0.3) is 5.69 Å². The summed E-state index contributed by atoms with van der Waals surface area (Å²) >= 11 is 1.07. The number of nitrogens with zero attached hydrogens (tertiary/aromatic N) is 4. The van der Waals surface area contributed by atoms with Crippen LogP contribution in [0.5, 0.6) is 0 Å². The highest BCUT2D eigenvalue weighted by Gasteiger charge is 2.36. The Morgan fingerprint density at radius 1 is 1.35 bits per heavy atom. The van der Waals surface area contributed by atoms with Gasteiger partial charge in [-0.15, -0.1) is 5.10 Å². The highest BCUT2D eigenvalue weighted by molar-refractivity contribution is 7.07. The molecule has 0 saturated heterocycles. The molecule has 0 bridgehead atoms.